The second-order valence-electron chi connectivity index (χ2n) is 3.83. The Hall–Kier alpha value is -1.40. The van der Waals surface area contributed by atoms with E-state index in [0.29, 0.717) is 0 Å². The molecule has 18 heavy (non-hydrogen) atoms. The molecule has 0 amide bonds. The van der Waals surface area contributed by atoms with Crippen molar-refractivity contribution in [3.8, 4) is 0 Å². The molecular formula is C12H10F3NOS. The average molecular weight is 273 g/mol. The van der Waals surface area contributed by atoms with Crippen molar-refractivity contribution in [1.29, 1.82) is 0 Å². The van der Waals surface area contributed by atoms with E-state index in [1.807, 2.05) is 0 Å². The summed E-state index contributed by atoms with van der Waals surface area (Å²) >= 11 is 0.878. The zero-order chi connectivity index (χ0) is 13.2. The lowest BCUT2D eigenvalue weighted by atomic mass is 9.94. The first-order valence-corrected chi connectivity index (χ1v) is 6.04. The van der Waals surface area contributed by atoms with Gasteiger partial charge in [-0.3, -0.25) is 4.98 Å². The summed E-state index contributed by atoms with van der Waals surface area (Å²) < 4.78 is 39.2. The van der Waals surface area contributed by atoms with Crippen LogP contribution in [0, 0.1) is 0 Å². The summed E-state index contributed by atoms with van der Waals surface area (Å²) in [7, 11) is 0. The van der Waals surface area contributed by atoms with E-state index >= 15 is 0 Å². The van der Waals surface area contributed by atoms with E-state index in [9.17, 15) is 18.3 Å². The number of nitrogens with zero attached hydrogens (tertiary/aromatic N) is 1. The third-order valence-electron chi connectivity index (χ3n) is 2.56. The molecule has 1 N–H and O–H groups in total. The standard InChI is InChI=1S/C12H10F3NOS/c13-12(14,15)11(17,10-5-3-7-18-10)8-9-4-1-2-6-16-9/h1-7,17H,8H2. The number of halogens is 3. The lowest BCUT2D eigenvalue weighted by Crippen LogP contribution is -2.43. The van der Waals surface area contributed by atoms with Gasteiger partial charge in [0.05, 0.1) is 0 Å². The minimum absolute atomic E-state index is 0.124. The van der Waals surface area contributed by atoms with Gasteiger partial charge >= 0.3 is 6.18 Å². The summed E-state index contributed by atoms with van der Waals surface area (Å²) in [4.78, 5) is 3.71. The molecule has 2 heterocycles. The first kappa shape index (κ1) is 13.0. The molecule has 0 saturated heterocycles. The maximum absolute atomic E-state index is 13.1. The lowest BCUT2D eigenvalue weighted by Gasteiger charge is -2.29. The molecule has 6 heteroatoms. The lowest BCUT2D eigenvalue weighted by molar-refractivity contribution is -0.265. The number of aliphatic hydroxyl groups is 1. The van der Waals surface area contributed by atoms with Crippen LogP contribution in [0.15, 0.2) is 41.9 Å². The molecule has 0 spiro atoms. The fraction of sp³-hybridized carbons (Fsp3) is 0.250. The molecule has 0 fully saturated rings. The molecular weight excluding hydrogens is 263 g/mol. The summed E-state index contributed by atoms with van der Waals surface area (Å²) in [5.41, 5.74) is -2.68. The van der Waals surface area contributed by atoms with Crippen molar-refractivity contribution in [2.75, 3.05) is 0 Å². The van der Waals surface area contributed by atoms with Crippen LogP contribution in [0.25, 0.3) is 0 Å². The normalized spacial score (nSPS) is 15.3. The van der Waals surface area contributed by atoms with Gasteiger partial charge in [-0.1, -0.05) is 12.1 Å². The summed E-state index contributed by atoms with van der Waals surface area (Å²) in [6.45, 7) is 0. The topological polar surface area (TPSA) is 33.1 Å². The van der Waals surface area contributed by atoms with E-state index in [-0.39, 0.29) is 10.6 Å². The van der Waals surface area contributed by atoms with E-state index in [0.717, 1.165) is 11.3 Å². The highest BCUT2D eigenvalue weighted by molar-refractivity contribution is 7.10. The zero-order valence-electron chi connectivity index (χ0n) is 9.19. The molecule has 0 aliphatic rings. The van der Waals surface area contributed by atoms with Crippen molar-refractivity contribution in [1.82, 2.24) is 4.98 Å². The Morgan fingerprint density at radius 2 is 1.94 bits per heavy atom. The number of rotatable bonds is 3. The van der Waals surface area contributed by atoms with Gasteiger partial charge in [-0.05, 0) is 23.6 Å². The first-order valence-electron chi connectivity index (χ1n) is 5.16. The number of thiophene rings is 1. The largest absolute Gasteiger partial charge is 0.422 e. The summed E-state index contributed by atoms with van der Waals surface area (Å²) in [5, 5.41) is 11.5. The summed E-state index contributed by atoms with van der Waals surface area (Å²) in [6, 6.07) is 7.43. The quantitative estimate of drug-likeness (QED) is 0.932. The van der Waals surface area contributed by atoms with Crippen LogP contribution in [0.5, 0.6) is 0 Å². The first-order chi connectivity index (χ1) is 8.43. The average Bonchev–Trinajstić information content (AvgIpc) is 2.82. The molecule has 1 unspecified atom stereocenters. The van der Waals surface area contributed by atoms with Gasteiger partial charge < -0.3 is 5.11 Å². The molecule has 0 radical (unpaired) electrons. The number of alkyl halides is 3. The van der Waals surface area contributed by atoms with E-state index in [1.165, 1.54) is 29.8 Å². The smallest absolute Gasteiger partial charge is 0.375 e. The van der Waals surface area contributed by atoms with Crippen LogP contribution >= 0.6 is 11.3 Å². The molecule has 0 aromatic carbocycles. The predicted octanol–water partition coefficient (Wildman–Crippen LogP) is 3.14. The number of hydrogen-bond acceptors (Lipinski definition) is 3. The molecule has 96 valence electrons. The molecule has 0 aliphatic heterocycles. The maximum Gasteiger partial charge on any atom is 0.422 e. The Kier molecular flexibility index (Phi) is 3.41. The van der Waals surface area contributed by atoms with Crippen molar-refractivity contribution < 1.29 is 18.3 Å². The van der Waals surface area contributed by atoms with Crippen LogP contribution in [0.1, 0.15) is 10.6 Å². The van der Waals surface area contributed by atoms with E-state index < -0.39 is 18.2 Å². The van der Waals surface area contributed by atoms with Crippen LogP contribution in [0.2, 0.25) is 0 Å². The van der Waals surface area contributed by atoms with Gasteiger partial charge in [0, 0.05) is 23.2 Å². The van der Waals surface area contributed by atoms with E-state index in [1.54, 1.807) is 12.1 Å². The Balaban J connectivity index is 2.39. The van der Waals surface area contributed by atoms with Crippen molar-refractivity contribution in [2.24, 2.45) is 0 Å². The monoisotopic (exact) mass is 273 g/mol. The zero-order valence-corrected chi connectivity index (χ0v) is 10.0. The SMILES string of the molecule is OC(Cc1ccccn1)(c1cccs1)C(F)(F)F. The van der Waals surface area contributed by atoms with Crippen molar-refractivity contribution >= 4 is 11.3 Å². The van der Waals surface area contributed by atoms with Gasteiger partial charge in [-0.2, -0.15) is 13.2 Å². The van der Waals surface area contributed by atoms with Crippen LogP contribution in [0.4, 0.5) is 13.2 Å². The Bertz CT molecular complexity index is 498. The highest BCUT2D eigenvalue weighted by Crippen LogP contribution is 2.42. The summed E-state index contributed by atoms with van der Waals surface area (Å²) in [6.07, 6.45) is -3.92. The molecule has 0 aliphatic carbocycles. The Morgan fingerprint density at radius 1 is 1.17 bits per heavy atom. The minimum Gasteiger partial charge on any atom is -0.375 e. The second-order valence-corrected chi connectivity index (χ2v) is 4.78. The van der Waals surface area contributed by atoms with Gasteiger partial charge in [0.15, 0.2) is 0 Å². The van der Waals surface area contributed by atoms with Gasteiger partial charge in [0.1, 0.15) is 0 Å². The van der Waals surface area contributed by atoms with Crippen LogP contribution in [-0.2, 0) is 12.0 Å². The van der Waals surface area contributed by atoms with Crippen molar-refractivity contribution in [3.05, 3.63) is 52.5 Å². The number of aromatic nitrogens is 1. The fourth-order valence-electron chi connectivity index (χ4n) is 1.61. The predicted molar refractivity (Wildman–Crippen MR) is 62.2 cm³/mol. The molecule has 2 aromatic heterocycles. The number of pyridine rings is 1. The minimum atomic E-state index is -4.74. The van der Waals surface area contributed by atoms with Crippen molar-refractivity contribution in [3.63, 3.8) is 0 Å². The van der Waals surface area contributed by atoms with Crippen molar-refractivity contribution in [2.45, 2.75) is 18.2 Å². The second kappa shape index (κ2) is 4.70. The Labute approximate surface area is 106 Å². The third-order valence-corrected chi connectivity index (χ3v) is 3.58. The molecule has 0 saturated carbocycles. The fourth-order valence-corrected chi connectivity index (χ4v) is 2.45. The molecule has 2 aromatic rings. The maximum atomic E-state index is 13.1. The van der Waals surface area contributed by atoms with E-state index in [2.05, 4.69) is 4.98 Å². The van der Waals surface area contributed by atoms with Crippen LogP contribution in [0.3, 0.4) is 0 Å². The van der Waals surface area contributed by atoms with Crippen LogP contribution in [-0.4, -0.2) is 16.3 Å². The van der Waals surface area contributed by atoms with E-state index in [4.69, 9.17) is 0 Å². The van der Waals surface area contributed by atoms with Gasteiger partial charge in [-0.15, -0.1) is 11.3 Å². The van der Waals surface area contributed by atoms with Gasteiger partial charge in [-0.25, -0.2) is 0 Å². The molecule has 2 nitrogen and oxygen atoms in total. The molecule has 0 bridgehead atoms. The van der Waals surface area contributed by atoms with Crippen LogP contribution < -0.4 is 0 Å². The third kappa shape index (κ3) is 2.39. The number of hydrogen-bond donors (Lipinski definition) is 1. The molecule has 1 atom stereocenters. The highest BCUT2D eigenvalue weighted by Gasteiger charge is 2.55. The van der Waals surface area contributed by atoms with Gasteiger partial charge in [0.25, 0.3) is 0 Å². The van der Waals surface area contributed by atoms with Gasteiger partial charge in [0.2, 0.25) is 5.60 Å². The highest BCUT2D eigenvalue weighted by atomic mass is 32.1. The Morgan fingerprint density at radius 3 is 2.44 bits per heavy atom. The summed E-state index contributed by atoms with van der Waals surface area (Å²) in [5.74, 6) is 0. The molecule has 2 rings (SSSR count).